The molecule has 40 heavy (non-hydrogen) atoms. The summed E-state index contributed by atoms with van der Waals surface area (Å²) < 4.78 is 23.6. The lowest BCUT2D eigenvalue weighted by molar-refractivity contribution is -0.129. The van der Waals surface area contributed by atoms with Gasteiger partial charge in [-0.3, -0.25) is 9.59 Å². The van der Waals surface area contributed by atoms with Crippen LogP contribution in [-0.4, -0.2) is 44.1 Å². The molecule has 0 spiro atoms. The van der Waals surface area contributed by atoms with E-state index >= 15 is 0 Å². The molecular formula is C28H26ClFN4O6. The monoisotopic (exact) mass is 568 g/mol. The molecule has 1 N–H and O–H groups in total. The highest BCUT2D eigenvalue weighted by Gasteiger charge is 2.65. The molecule has 10 nitrogen and oxygen atoms in total. The molecule has 0 unspecified atom stereocenters. The van der Waals surface area contributed by atoms with Crippen LogP contribution < -0.4 is 21.0 Å². The number of imide groups is 1. The summed E-state index contributed by atoms with van der Waals surface area (Å²) in [5, 5.41) is 9.18. The number of benzene rings is 2. The quantitative estimate of drug-likeness (QED) is 0.373. The van der Waals surface area contributed by atoms with E-state index in [0.29, 0.717) is 16.9 Å². The van der Waals surface area contributed by atoms with Crippen molar-refractivity contribution in [2.45, 2.75) is 31.8 Å². The Hall–Kier alpha value is -3.96. The number of aliphatic hydroxyl groups is 1. The van der Waals surface area contributed by atoms with Gasteiger partial charge in [-0.05, 0) is 43.2 Å². The largest absolute Gasteiger partial charge is 0.491 e. The van der Waals surface area contributed by atoms with Crippen molar-refractivity contribution in [2.75, 3.05) is 18.1 Å². The number of rotatable bonds is 5. The molecular weight excluding hydrogens is 543 g/mol. The van der Waals surface area contributed by atoms with Gasteiger partial charge in [0.15, 0.2) is 0 Å². The Balaban J connectivity index is 1.58. The zero-order valence-electron chi connectivity index (χ0n) is 21.7. The van der Waals surface area contributed by atoms with Crippen LogP contribution in [0.4, 0.5) is 10.1 Å². The van der Waals surface area contributed by atoms with Crippen LogP contribution in [0.25, 0.3) is 0 Å². The van der Waals surface area contributed by atoms with Crippen LogP contribution >= 0.6 is 11.6 Å². The first-order valence-electron chi connectivity index (χ1n) is 12.9. The number of para-hydroxylation sites is 1. The van der Waals surface area contributed by atoms with E-state index < -0.39 is 52.3 Å². The topological polar surface area (TPSA) is 116 Å². The SMILES string of the molecule is Cn1c(=O)n2n(c1=O)[C@@H]1C[C@H]3C(=O)N(c4ccc(F)c(Cl)c4)C(=O)[C@@]3(C)[C@@H](c3ccccc3OCCO)C1=CC2. The fourth-order valence-corrected chi connectivity index (χ4v) is 6.78. The Bertz CT molecular complexity index is 1720. The van der Waals surface area contributed by atoms with Crippen molar-refractivity contribution in [3.8, 4) is 5.75 Å². The summed E-state index contributed by atoms with van der Waals surface area (Å²) in [6.45, 7) is 1.61. The third-order valence-corrected chi connectivity index (χ3v) is 8.76. The highest BCUT2D eigenvalue weighted by atomic mass is 35.5. The predicted octanol–water partition coefficient (Wildman–Crippen LogP) is 2.38. The summed E-state index contributed by atoms with van der Waals surface area (Å²) in [5.74, 6) is -2.87. The van der Waals surface area contributed by atoms with Gasteiger partial charge in [-0.25, -0.2) is 32.8 Å². The van der Waals surface area contributed by atoms with Gasteiger partial charge in [0.25, 0.3) is 0 Å². The van der Waals surface area contributed by atoms with Gasteiger partial charge in [-0.2, -0.15) is 0 Å². The molecule has 1 aliphatic carbocycles. The minimum atomic E-state index is -1.32. The average Bonchev–Trinajstić information content (AvgIpc) is 3.28. The van der Waals surface area contributed by atoms with Gasteiger partial charge in [-0.15, -0.1) is 0 Å². The zero-order chi connectivity index (χ0) is 28.5. The smallest absolute Gasteiger partial charge is 0.347 e. The van der Waals surface area contributed by atoms with Crippen molar-refractivity contribution in [1.82, 2.24) is 13.9 Å². The number of aliphatic hydroxyl groups excluding tert-OH is 1. The van der Waals surface area contributed by atoms with Gasteiger partial charge in [0.05, 0.1) is 41.2 Å². The van der Waals surface area contributed by atoms with Crippen molar-refractivity contribution in [2.24, 2.45) is 18.4 Å². The van der Waals surface area contributed by atoms with E-state index in [1.807, 2.05) is 6.08 Å². The number of carbonyl (C=O) groups excluding carboxylic acids is 2. The number of halogens is 2. The predicted molar refractivity (Wildman–Crippen MR) is 143 cm³/mol. The Morgan fingerprint density at radius 2 is 1.88 bits per heavy atom. The fraction of sp³-hybridized carbons (Fsp3) is 0.357. The molecule has 1 saturated heterocycles. The summed E-state index contributed by atoms with van der Waals surface area (Å²) in [7, 11) is 1.40. The van der Waals surface area contributed by atoms with Crippen LogP contribution in [-0.2, 0) is 23.2 Å². The minimum absolute atomic E-state index is 0.0110. The molecule has 3 aliphatic rings. The second-order valence-electron chi connectivity index (χ2n) is 10.5. The molecule has 2 aromatic carbocycles. The summed E-state index contributed by atoms with van der Waals surface area (Å²) in [6.07, 6.45) is 1.94. The fourth-order valence-electron chi connectivity index (χ4n) is 6.61. The second-order valence-corrected chi connectivity index (χ2v) is 10.9. The summed E-state index contributed by atoms with van der Waals surface area (Å²) in [6, 6.07) is 10.1. The maximum absolute atomic E-state index is 14.4. The van der Waals surface area contributed by atoms with Crippen molar-refractivity contribution in [1.29, 1.82) is 0 Å². The molecule has 3 heterocycles. The Labute approximate surface area is 232 Å². The van der Waals surface area contributed by atoms with Gasteiger partial charge in [0, 0.05) is 18.5 Å². The van der Waals surface area contributed by atoms with Crippen LogP contribution in [0.3, 0.4) is 0 Å². The minimum Gasteiger partial charge on any atom is -0.491 e. The number of ether oxygens (including phenoxy) is 1. The number of aromatic nitrogens is 3. The first-order valence-corrected chi connectivity index (χ1v) is 13.2. The molecule has 2 amide bonds. The molecule has 4 atom stereocenters. The highest BCUT2D eigenvalue weighted by molar-refractivity contribution is 6.31. The number of anilines is 1. The second kappa shape index (κ2) is 9.31. The van der Waals surface area contributed by atoms with Crippen LogP contribution in [0.5, 0.6) is 5.75 Å². The van der Waals surface area contributed by atoms with E-state index in [2.05, 4.69) is 0 Å². The maximum Gasteiger partial charge on any atom is 0.347 e. The van der Waals surface area contributed by atoms with Gasteiger partial charge in [0.2, 0.25) is 11.8 Å². The van der Waals surface area contributed by atoms with E-state index in [0.717, 1.165) is 15.5 Å². The molecule has 12 heteroatoms. The van der Waals surface area contributed by atoms with E-state index in [-0.39, 0.29) is 36.9 Å². The molecule has 6 rings (SSSR count). The van der Waals surface area contributed by atoms with Crippen molar-refractivity contribution in [3.05, 3.63) is 91.5 Å². The average molecular weight is 569 g/mol. The molecule has 1 saturated carbocycles. The third kappa shape index (κ3) is 3.50. The first kappa shape index (κ1) is 26.3. The van der Waals surface area contributed by atoms with Crippen LogP contribution in [0.1, 0.15) is 30.9 Å². The molecule has 208 valence electrons. The van der Waals surface area contributed by atoms with E-state index in [1.165, 1.54) is 28.5 Å². The maximum atomic E-state index is 14.4. The molecule has 1 aromatic heterocycles. The van der Waals surface area contributed by atoms with Gasteiger partial charge < -0.3 is 9.84 Å². The molecule has 0 bridgehead atoms. The lowest BCUT2D eigenvalue weighted by Crippen LogP contribution is -2.49. The molecule has 3 aromatic rings. The Morgan fingerprint density at radius 3 is 2.60 bits per heavy atom. The van der Waals surface area contributed by atoms with Crippen LogP contribution in [0.2, 0.25) is 5.02 Å². The lowest BCUT2D eigenvalue weighted by Gasteiger charge is -2.47. The number of amides is 2. The van der Waals surface area contributed by atoms with Crippen LogP contribution in [0, 0.1) is 17.2 Å². The van der Waals surface area contributed by atoms with Crippen LogP contribution in [0.15, 0.2) is 63.7 Å². The van der Waals surface area contributed by atoms with Crippen molar-refractivity contribution in [3.63, 3.8) is 0 Å². The standard InChI is InChI=1S/C28H26ClFN4O6/c1-28-18(24(36)33(25(28)37)15-7-8-20(30)19(29)13-15)14-21-16(9-10-32-26(38)31(2)27(39)34(21)32)23(28)17-5-3-4-6-22(17)40-12-11-35/h3-9,13,18,21,23,35H,10-12,14H2,1-2H3/t18-,21+,23+,28+/m0/s1. The Kier molecular flexibility index (Phi) is 6.11. The van der Waals surface area contributed by atoms with E-state index in [9.17, 15) is 28.7 Å². The van der Waals surface area contributed by atoms with Gasteiger partial charge in [-0.1, -0.05) is 35.9 Å². The third-order valence-electron chi connectivity index (χ3n) is 8.47. The summed E-state index contributed by atoms with van der Waals surface area (Å²) >= 11 is 6.02. The van der Waals surface area contributed by atoms with Crippen molar-refractivity contribution >= 4 is 29.1 Å². The highest BCUT2D eigenvalue weighted by Crippen LogP contribution is 2.62. The summed E-state index contributed by atoms with van der Waals surface area (Å²) in [5.41, 5.74) is -0.850. The number of hydrogen-bond acceptors (Lipinski definition) is 6. The molecule has 2 aliphatic heterocycles. The van der Waals surface area contributed by atoms with Gasteiger partial charge >= 0.3 is 11.4 Å². The van der Waals surface area contributed by atoms with E-state index in [1.54, 1.807) is 31.2 Å². The number of carbonyl (C=O) groups is 2. The molecule has 0 radical (unpaired) electrons. The van der Waals surface area contributed by atoms with E-state index in [4.69, 9.17) is 16.3 Å². The first-order chi connectivity index (χ1) is 19.1. The summed E-state index contributed by atoms with van der Waals surface area (Å²) in [4.78, 5) is 55.5. The van der Waals surface area contributed by atoms with Gasteiger partial charge in [0.1, 0.15) is 18.2 Å². The lowest BCUT2D eigenvalue weighted by atomic mass is 9.56. The Morgan fingerprint density at radius 1 is 1.12 bits per heavy atom. The number of allylic oxidation sites excluding steroid dienone is 2. The number of fused-ring (bicyclic) bond motifs is 4. The zero-order valence-corrected chi connectivity index (χ0v) is 22.5. The number of hydrogen-bond donors (Lipinski definition) is 1. The normalized spacial score (nSPS) is 25.4. The van der Waals surface area contributed by atoms with Crippen molar-refractivity contribution < 1.29 is 23.8 Å². The number of nitrogens with zero attached hydrogens (tertiary/aromatic N) is 4. The molecule has 2 fully saturated rings.